The lowest BCUT2D eigenvalue weighted by Gasteiger charge is -2.32. The lowest BCUT2D eigenvalue weighted by molar-refractivity contribution is 0.183. The van der Waals surface area contributed by atoms with Gasteiger partial charge in [-0.2, -0.15) is 0 Å². The summed E-state index contributed by atoms with van der Waals surface area (Å²) in [5.41, 5.74) is 2.12. The molecule has 1 aliphatic rings. The minimum atomic E-state index is -3.58. The molecule has 6 heteroatoms. The van der Waals surface area contributed by atoms with Crippen LogP contribution in [-0.2, 0) is 16.4 Å². The molecule has 0 radical (unpaired) electrons. The predicted molar refractivity (Wildman–Crippen MR) is 121 cm³/mol. The Hall–Kier alpha value is -2.28. The average molecular weight is 424 g/mol. The maximum Gasteiger partial charge on any atom is 0.258 e. The highest BCUT2D eigenvalue weighted by atomic mass is 32.2. The number of piperidine rings is 1. The first-order chi connectivity index (χ1) is 14.6. The summed E-state index contributed by atoms with van der Waals surface area (Å²) in [4.78, 5) is 6.75. The highest BCUT2D eigenvalue weighted by Crippen LogP contribution is 2.21. The molecule has 2 heterocycles. The third-order valence-electron chi connectivity index (χ3n) is 5.87. The molecule has 30 heavy (non-hydrogen) atoms. The zero-order valence-electron chi connectivity index (χ0n) is 17.2. The Morgan fingerprint density at radius 2 is 1.67 bits per heavy atom. The van der Waals surface area contributed by atoms with Gasteiger partial charge in [0.05, 0.1) is 5.52 Å². The standard InChI is InChI=1S/C24H29N3O2S/c28-30(29,24-12-11-22-9-4-5-10-23(22)26-24)25-15-6-16-27-17-13-21(14-18-27)19-20-7-2-1-3-8-20/h1-5,7-12,21,25H,6,13-19H2. The van der Waals surface area contributed by atoms with Crippen LogP contribution in [0.1, 0.15) is 24.8 Å². The van der Waals surface area contributed by atoms with Gasteiger partial charge in [0, 0.05) is 11.9 Å². The summed E-state index contributed by atoms with van der Waals surface area (Å²) in [7, 11) is -3.58. The summed E-state index contributed by atoms with van der Waals surface area (Å²) in [6, 6.07) is 21.6. The molecule has 1 fully saturated rings. The van der Waals surface area contributed by atoms with Crippen LogP contribution < -0.4 is 4.72 Å². The maximum absolute atomic E-state index is 12.6. The van der Waals surface area contributed by atoms with E-state index in [0.29, 0.717) is 12.1 Å². The van der Waals surface area contributed by atoms with Gasteiger partial charge >= 0.3 is 0 Å². The van der Waals surface area contributed by atoms with E-state index in [-0.39, 0.29) is 5.03 Å². The molecular formula is C24H29N3O2S. The van der Waals surface area contributed by atoms with Crippen molar-refractivity contribution in [2.45, 2.75) is 30.7 Å². The van der Waals surface area contributed by atoms with Crippen molar-refractivity contribution in [1.82, 2.24) is 14.6 Å². The molecule has 0 spiro atoms. The molecule has 0 bridgehead atoms. The second kappa shape index (κ2) is 9.69. The highest BCUT2D eigenvalue weighted by molar-refractivity contribution is 7.89. The van der Waals surface area contributed by atoms with Crippen LogP contribution in [-0.4, -0.2) is 44.5 Å². The number of nitrogens with one attached hydrogen (secondary N) is 1. The molecule has 1 aliphatic heterocycles. The average Bonchev–Trinajstić information content (AvgIpc) is 2.78. The van der Waals surface area contributed by atoms with Crippen molar-refractivity contribution in [2.75, 3.05) is 26.2 Å². The lowest BCUT2D eigenvalue weighted by Crippen LogP contribution is -2.36. The SMILES string of the molecule is O=S(=O)(NCCCN1CCC(Cc2ccccc2)CC1)c1ccc2ccccc2n1. The molecule has 1 saturated heterocycles. The topological polar surface area (TPSA) is 62.3 Å². The molecule has 0 amide bonds. The Morgan fingerprint density at radius 3 is 2.47 bits per heavy atom. The lowest BCUT2D eigenvalue weighted by atomic mass is 9.90. The molecule has 0 aliphatic carbocycles. The molecule has 0 saturated carbocycles. The van der Waals surface area contributed by atoms with Crippen molar-refractivity contribution in [3.05, 3.63) is 72.3 Å². The normalized spacial score (nSPS) is 16.1. The van der Waals surface area contributed by atoms with Gasteiger partial charge in [0.1, 0.15) is 0 Å². The van der Waals surface area contributed by atoms with Crippen molar-refractivity contribution in [1.29, 1.82) is 0 Å². The van der Waals surface area contributed by atoms with Crippen LogP contribution in [0.5, 0.6) is 0 Å². The van der Waals surface area contributed by atoms with E-state index in [1.54, 1.807) is 12.1 Å². The van der Waals surface area contributed by atoms with Crippen molar-refractivity contribution >= 4 is 20.9 Å². The second-order valence-electron chi connectivity index (χ2n) is 8.07. The Morgan fingerprint density at radius 1 is 0.933 bits per heavy atom. The van der Waals surface area contributed by atoms with Crippen LogP contribution in [0.4, 0.5) is 0 Å². The second-order valence-corrected chi connectivity index (χ2v) is 9.78. The fourth-order valence-corrected chi connectivity index (χ4v) is 5.17. The maximum atomic E-state index is 12.6. The molecule has 0 atom stereocenters. The number of para-hydroxylation sites is 1. The third kappa shape index (κ3) is 5.45. The van der Waals surface area contributed by atoms with E-state index in [1.165, 1.54) is 18.4 Å². The third-order valence-corrected chi connectivity index (χ3v) is 7.23. The van der Waals surface area contributed by atoms with Crippen LogP contribution in [0.2, 0.25) is 0 Å². The van der Waals surface area contributed by atoms with Gasteiger partial charge in [0.15, 0.2) is 5.03 Å². The van der Waals surface area contributed by atoms with Crippen molar-refractivity contribution in [3.8, 4) is 0 Å². The summed E-state index contributed by atoms with van der Waals surface area (Å²) >= 11 is 0. The number of fused-ring (bicyclic) bond motifs is 1. The number of benzene rings is 2. The molecule has 158 valence electrons. The van der Waals surface area contributed by atoms with E-state index in [9.17, 15) is 8.42 Å². The Bertz CT molecular complexity index is 1060. The largest absolute Gasteiger partial charge is 0.303 e. The number of hydrogen-bond acceptors (Lipinski definition) is 4. The first-order valence-corrected chi connectivity index (χ1v) is 12.2. The number of rotatable bonds is 8. The molecular weight excluding hydrogens is 394 g/mol. The number of nitrogens with zero attached hydrogens (tertiary/aromatic N) is 2. The molecule has 2 aromatic carbocycles. The Kier molecular flexibility index (Phi) is 6.77. The van der Waals surface area contributed by atoms with E-state index < -0.39 is 10.0 Å². The number of aromatic nitrogens is 1. The van der Waals surface area contributed by atoms with Crippen LogP contribution in [0.25, 0.3) is 10.9 Å². The van der Waals surface area contributed by atoms with Crippen LogP contribution >= 0.6 is 0 Å². The summed E-state index contributed by atoms with van der Waals surface area (Å²) in [6.07, 6.45) is 4.38. The van der Waals surface area contributed by atoms with Crippen LogP contribution in [0.15, 0.2) is 71.8 Å². The van der Waals surface area contributed by atoms with E-state index >= 15 is 0 Å². The number of hydrogen-bond donors (Lipinski definition) is 1. The van der Waals surface area contributed by atoms with Gasteiger partial charge in [-0.15, -0.1) is 0 Å². The van der Waals surface area contributed by atoms with Gasteiger partial charge in [-0.25, -0.2) is 18.1 Å². The Labute approximate surface area is 179 Å². The van der Waals surface area contributed by atoms with Crippen LogP contribution in [0, 0.1) is 5.92 Å². The first-order valence-electron chi connectivity index (χ1n) is 10.7. The van der Waals surface area contributed by atoms with E-state index in [0.717, 1.165) is 43.8 Å². The number of likely N-dealkylation sites (tertiary alicyclic amines) is 1. The smallest absolute Gasteiger partial charge is 0.258 e. The highest BCUT2D eigenvalue weighted by Gasteiger charge is 2.20. The van der Waals surface area contributed by atoms with E-state index in [4.69, 9.17) is 0 Å². The van der Waals surface area contributed by atoms with Gasteiger partial charge in [-0.05, 0) is 75.0 Å². The minimum absolute atomic E-state index is 0.0860. The molecule has 5 nitrogen and oxygen atoms in total. The van der Waals surface area contributed by atoms with E-state index in [2.05, 4.69) is 44.9 Å². The molecule has 0 unspecified atom stereocenters. The van der Waals surface area contributed by atoms with Gasteiger partial charge in [0.25, 0.3) is 10.0 Å². The summed E-state index contributed by atoms with van der Waals surface area (Å²) in [5, 5.41) is 1.02. The number of pyridine rings is 1. The fourth-order valence-electron chi connectivity index (χ4n) is 4.14. The molecule has 1 N–H and O–H groups in total. The van der Waals surface area contributed by atoms with Gasteiger partial charge < -0.3 is 4.90 Å². The van der Waals surface area contributed by atoms with Crippen molar-refractivity contribution in [3.63, 3.8) is 0 Å². The van der Waals surface area contributed by atoms with Crippen LogP contribution in [0.3, 0.4) is 0 Å². The van der Waals surface area contributed by atoms with Crippen molar-refractivity contribution in [2.24, 2.45) is 5.92 Å². The van der Waals surface area contributed by atoms with Crippen molar-refractivity contribution < 1.29 is 8.42 Å². The monoisotopic (exact) mass is 423 g/mol. The molecule has 1 aromatic heterocycles. The van der Waals surface area contributed by atoms with E-state index in [1.807, 2.05) is 24.3 Å². The summed E-state index contributed by atoms with van der Waals surface area (Å²) < 4.78 is 27.8. The van der Waals surface area contributed by atoms with Gasteiger partial charge in [-0.1, -0.05) is 48.5 Å². The predicted octanol–water partition coefficient (Wildman–Crippen LogP) is 3.86. The Balaban J connectivity index is 1.20. The quantitative estimate of drug-likeness (QED) is 0.559. The summed E-state index contributed by atoms with van der Waals surface area (Å²) in [6.45, 7) is 3.54. The fraction of sp³-hybridized carbons (Fsp3) is 0.375. The zero-order chi connectivity index (χ0) is 20.8. The number of sulfonamides is 1. The van der Waals surface area contributed by atoms with Gasteiger partial charge in [-0.3, -0.25) is 0 Å². The minimum Gasteiger partial charge on any atom is -0.303 e. The summed E-state index contributed by atoms with van der Waals surface area (Å²) in [5.74, 6) is 0.751. The zero-order valence-corrected chi connectivity index (χ0v) is 18.0. The first kappa shape index (κ1) is 21.0. The molecule has 3 aromatic rings. The van der Waals surface area contributed by atoms with Gasteiger partial charge in [0.2, 0.25) is 0 Å². The molecule has 4 rings (SSSR count).